The Morgan fingerprint density at radius 2 is 2.00 bits per heavy atom. The summed E-state index contributed by atoms with van der Waals surface area (Å²) in [5.74, 6) is 1.53. The van der Waals surface area contributed by atoms with Crippen LogP contribution in [0.1, 0.15) is 24.0 Å². The lowest BCUT2D eigenvalue weighted by Gasteiger charge is -2.26. The van der Waals surface area contributed by atoms with Gasteiger partial charge in [0.05, 0.1) is 20.3 Å². The molecular formula is C20H27N3O3S. The predicted octanol–water partition coefficient (Wildman–Crippen LogP) is 3.40. The molecule has 2 heterocycles. The summed E-state index contributed by atoms with van der Waals surface area (Å²) in [5, 5.41) is 0.791. The Kier molecular flexibility index (Phi) is 7.32. The fourth-order valence-electron chi connectivity index (χ4n) is 3.37. The van der Waals surface area contributed by atoms with Crippen LogP contribution in [0.3, 0.4) is 0 Å². The quantitative estimate of drug-likeness (QED) is 0.481. The van der Waals surface area contributed by atoms with E-state index in [9.17, 15) is 0 Å². The topological polar surface area (TPSA) is 56.7 Å². The Morgan fingerprint density at radius 1 is 1.19 bits per heavy atom. The van der Waals surface area contributed by atoms with Gasteiger partial charge in [0, 0.05) is 49.8 Å². The van der Waals surface area contributed by atoms with E-state index >= 15 is 0 Å². The summed E-state index contributed by atoms with van der Waals surface area (Å²) in [5.41, 5.74) is 2.18. The standard InChI is InChI=1S/C20H27N3O3S/c1-24-18-8-4-6-16(19(18)25-2)13-23(14-17-7-5-9-26-17)12-15-10-21-20(27-3)22-11-15/h4,6,8,10-11,17H,5,7,9,12-14H2,1-3H3. The fourth-order valence-corrected chi connectivity index (χ4v) is 3.68. The van der Waals surface area contributed by atoms with Crippen LogP contribution in [0, 0.1) is 0 Å². The van der Waals surface area contributed by atoms with E-state index in [2.05, 4.69) is 20.9 Å². The van der Waals surface area contributed by atoms with Gasteiger partial charge in [-0.15, -0.1) is 0 Å². The minimum absolute atomic E-state index is 0.271. The molecule has 6 nitrogen and oxygen atoms in total. The van der Waals surface area contributed by atoms with Gasteiger partial charge in [0.1, 0.15) is 0 Å². The van der Waals surface area contributed by atoms with Crippen molar-refractivity contribution >= 4 is 11.8 Å². The highest BCUT2D eigenvalue weighted by atomic mass is 32.2. The van der Waals surface area contributed by atoms with Crippen LogP contribution in [-0.2, 0) is 17.8 Å². The number of aromatic nitrogens is 2. The molecule has 0 spiro atoms. The molecule has 1 aliphatic heterocycles. The third-order valence-corrected chi connectivity index (χ3v) is 5.21. The maximum absolute atomic E-state index is 5.86. The van der Waals surface area contributed by atoms with E-state index in [1.54, 1.807) is 26.0 Å². The molecule has 1 aromatic heterocycles. The molecule has 1 unspecified atom stereocenters. The van der Waals surface area contributed by atoms with E-state index in [0.717, 1.165) is 66.9 Å². The van der Waals surface area contributed by atoms with Crippen molar-refractivity contribution in [1.82, 2.24) is 14.9 Å². The number of thioether (sulfide) groups is 1. The first-order valence-corrected chi connectivity index (χ1v) is 10.3. The summed E-state index contributed by atoms with van der Waals surface area (Å²) >= 11 is 1.55. The number of benzene rings is 1. The Hall–Kier alpha value is -1.83. The number of hydrogen-bond donors (Lipinski definition) is 0. The second kappa shape index (κ2) is 9.92. The highest BCUT2D eigenvalue weighted by molar-refractivity contribution is 7.98. The first-order chi connectivity index (χ1) is 13.2. The van der Waals surface area contributed by atoms with Gasteiger partial charge in [-0.3, -0.25) is 4.90 Å². The number of para-hydroxylation sites is 1. The number of ether oxygens (including phenoxy) is 3. The van der Waals surface area contributed by atoms with E-state index < -0.39 is 0 Å². The van der Waals surface area contributed by atoms with Gasteiger partial charge in [0.25, 0.3) is 0 Å². The molecule has 0 amide bonds. The van der Waals surface area contributed by atoms with Crippen LogP contribution in [-0.4, -0.2) is 54.6 Å². The molecule has 1 atom stereocenters. The Labute approximate surface area is 165 Å². The highest BCUT2D eigenvalue weighted by Gasteiger charge is 2.21. The molecule has 0 bridgehead atoms. The predicted molar refractivity (Wildman–Crippen MR) is 106 cm³/mol. The Balaban J connectivity index is 1.78. The van der Waals surface area contributed by atoms with Crippen LogP contribution >= 0.6 is 11.8 Å². The van der Waals surface area contributed by atoms with E-state index in [-0.39, 0.29) is 6.10 Å². The van der Waals surface area contributed by atoms with Gasteiger partial charge >= 0.3 is 0 Å². The van der Waals surface area contributed by atoms with Crippen molar-refractivity contribution in [3.05, 3.63) is 41.7 Å². The summed E-state index contributed by atoms with van der Waals surface area (Å²) in [4.78, 5) is 11.2. The second-order valence-electron chi connectivity index (χ2n) is 6.54. The van der Waals surface area contributed by atoms with Gasteiger partial charge in [-0.1, -0.05) is 23.9 Å². The number of hydrogen-bond acceptors (Lipinski definition) is 7. The zero-order chi connectivity index (χ0) is 19.1. The SMILES string of the molecule is COc1cccc(CN(Cc2cnc(SC)nc2)CC2CCCO2)c1OC. The van der Waals surface area contributed by atoms with Gasteiger partial charge in [0.2, 0.25) is 0 Å². The average molecular weight is 390 g/mol. The largest absolute Gasteiger partial charge is 0.493 e. The molecule has 0 radical (unpaired) electrons. The van der Waals surface area contributed by atoms with E-state index in [1.165, 1.54) is 0 Å². The van der Waals surface area contributed by atoms with Crippen molar-refractivity contribution in [1.29, 1.82) is 0 Å². The molecule has 1 aromatic carbocycles. The molecule has 2 aromatic rings. The summed E-state index contributed by atoms with van der Waals surface area (Å²) < 4.78 is 16.9. The molecule has 0 aliphatic carbocycles. The van der Waals surface area contributed by atoms with Gasteiger partial charge in [-0.25, -0.2) is 9.97 Å². The molecule has 0 saturated carbocycles. The van der Waals surface area contributed by atoms with Crippen LogP contribution in [0.4, 0.5) is 0 Å². The monoisotopic (exact) mass is 389 g/mol. The van der Waals surface area contributed by atoms with Crippen LogP contribution in [0.15, 0.2) is 35.7 Å². The van der Waals surface area contributed by atoms with E-state index in [0.29, 0.717) is 0 Å². The first-order valence-electron chi connectivity index (χ1n) is 9.12. The third kappa shape index (κ3) is 5.34. The summed E-state index contributed by atoms with van der Waals surface area (Å²) in [6, 6.07) is 6.00. The molecule has 1 saturated heterocycles. The van der Waals surface area contributed by atoms with Gasteiger partial charge < -0.3 is 14.2 Å². The van der Waals surface area contributed by atoms with Crippen molar-refractivity contribution in [3.63, 3.8) is 0 Å². The lowest BCUT2D eigenvalue weighted by Crippen LogP contribution is -2.31. The third-order valence-electron chi connectivity index (χ3n) is 4.63. The smallest absolute Gasteiger partial charge is 0.187 e. The molecule has 146 valence electrons. The Bertz CT molecular complexity index is 721. The Morgan fingerprint density at radius 3 is 2.63 bits per heavy atom. The summed E-state index contributed by atoms with van der Waals surface area (Å²) in [7, 11) is 3.34. The zero-order valence-electron chi connectivity index (χ0n) is 16.2. The van der Waals surface area contributed by atoms with Crippen molar-refractivity contribution in [2.75, 3.05) is 33.6 Å². The summed E-state index contributed by atoms with van der Waals surface area (Å²) in [6.45, 7) is 3.22. The molecular weight excluding hydrogens is 362 g/mol. The summed E-state index contributed by atoms with van der Waals surface area (Å²) in [6.07, 6.45) is 8.30. The first kappa shape index (κ1) is 19.9. The van der Waals surface area contributed by atoms with Gasteiger partial charge in [-0.2, -0.15) is 0 Å². The number of rotatable bonds is 9. The second-order valence-corrected chi connectivity index (χ2v) is 7.31. The minimum Gasteiger partial charge on any atom is -0.493 e. The molecule has 3 rings (SSSR count). The lowest BCUT2D eigenvalue weighted by atomic mass is 10.1. The number of methoxy groups -OCH3 is 2. The van der Waals surface area contributed by atoms with Gasteiger partial charge in [0.15, 0.2) is 16.7 Å². The van der Waals surface area contributed by atoms with Crippen LogP contribution in [0.2, 0.25) is 0 Å². The molecule has 7 heteroatoms. The van der Waals surface area contributed by atoms with Crippen molar-refractivity contribution in [2.45, 2.75) is 37.2 Å². The molecule has 1 aliphatic rings. The maximum Gasteiger partial charge on any atom is 0.187 e. The highest BCUT2D eigenvalue weighted by Crippen LogP contribution is 2.32. The van der Waals surface area contributed by atoms with E-state index in [1.807, 2.05) is 30.8 Å². The lowest BCUT2D eigenvalue weighted by molar-refractivity contribution is 0.0675. The van der Waals surface area contributed by atoms with Crippen molar-refractivity contribution in [3.8, 4) is 11.5 Å². The van der Waals surface area contributed by atoms with Crippen LogP contribution in [0.25, 0.3) is 0 Å². The van der Waals surface area contributed by atoms with Crippen LogP contribution in [0.5, 0.6) is 11.5 Å². The molecule has 0 N–H and O–H groups in total. The molecule has 1 fully saturated rings. The zero-order valence-corrected chi connectivity index (χ0v) is 17.0. The fraction of sp³-hybridized carbons (Fsp3) is 0.500. The van der Waals surface area contributed by atoms with Crippen LogP contribution < -0.4 is 9.47 Å². The minimum atomic E-state index is 0.271. The van der Waals surface area contributed by atoms with Crippen molar-refractivity contribution < 1.29 is 14.2 Å². The number of nitrogens with zero attached hydrogens (tertiary/aromatic N) is 3. The van der Waals surface area contributed by atoms with E-state index in [4.69, 9.17) is 14.2 Å². The average Bonchev–Trinajstić information content (AvgIpc) is 3.21. The normalized spacial score (nSPS) is 16.7. The van der Waals surface area contributed by atoms with Gasteiger partial charge in [-0.05, 0) is 25.2 Å². The van der Waals surface area contributed by atoms with Crippen molar-refractivity contribution in [2.24, 2.45) is 0 Å². The maximum atomic E-state index is 5.86. The molecule has 27 heavy (non-hydrogen) atoms.